The molecule has 5 nitrogen and oxygen atoms in total. The van der Waals surface area contributed by atoms with Gasteiger partial charge in [0.15, 0.2) is 5.78 Å². The number of fused-ring (bicyclic) bond motifs is 1. The SMILES string of the molecule is O=C1CCCc2c1ccc(OCCc1ncc(Cc3ccccc3)[nH]1)c2Nc1ccccc1. The van der Waals surface area contributed by atoms with Crippen LogP contribution in [0, 0.1) is 0 Å². The molecule has 0 atom stereocenters. The van der Waals surface area contributed by atoms with Crippen LogP contribution in [0.5, 0.6) is 5.75 Å². The lowest BCUT2D eigenvalue weighted by atomic mass is 9.89. The van der Waals surface area contributed by atoms with Gasteiger partial charge in [0.05, 0.1) is 12.3 Å². The Kier molecular flexibility index (Phi) is 6.20. The normalized spacial score (nSPS) is 12.9. The summed E-state index contributed by atoms with van der Waals surface area (Å²) in [6.45, 7) is 0.495. The number of rotatable bonds is 8. The van der Waals surface area contributed by atoms with E-state index in [1.807, 2.05) is 66.9 Å². The fourth-order valence-corrected chi connectivity index (χ4v) is 4.33. The zero-order valence-electron chi connectivity index (χ0n) is 18.5. The summed E-state index contributed by atoms with van der Waals surface area (Å²) >= 11 is 0. The number of carbonyl (C=O) groups excluding carboxylic acids is 1. The Balaban J connectivity index is 1.30. The van der Waals surface area contributed by atoms with Gasteiger partial charge in [-0.1, -0.05) is 48.5 Å². The van der Waals surface area contributed by atoms with Gasteiger partial charge in [-0.05, 0) is 48.2 Å². The Morgan fingerprint density at radius 1 is 0.939 bits per heavy atom. The van der Waals surface area contributed by atoms with Crippen molar-refractivity contribution in [2.75, 3.05) is 11.9 Å². The number of Topliss-reactive ketones (excluding diaryl/α,β-unsaturated/α-hetero) is 1. The largest absolute Gasteiger partial charge is 0.491 e. The molecule has 5 heteroatoms. The molecular formula is C28H27N3O2. The molecule has 1 aromatic heterocycles. The maximum absolute atomic E-state index is 12.5. The van der Waals surface area contributed by atoms with Gasteiger partial charge in [-0.15, -0.1) is 0 Å². The molecule has 1 aliphatic carbocycles. The van der Waals surface area contributed by atoms with Crippen molar-refractivity contribution in [1.29, 1.82) is 0 Å². The topological polar surface area (TPSA) is 67.0 Å². The third kappa shape index (κ3) is 4.98. The van der Waals surface area contributed by atoms with Gasteiger partial charge in [0.25, 0.3) is 0 Å². The Morgan fingerprint density at radius 3 is 2.55 bits per heavy atom. The number of carbonyl (C=O) groups is 1. The molecule has 0 unspecified atom stereocenters. The first-order valence-electron chi connectivity index (χ1n) is 11.5. The van der Waals surface area contributed by atoms with Crippen LogP contribution >= 0.6 is 0 Å². The Hall–Kier alpha value is -3.86. The van der Waals surface area contributed by atoms with Gasteiger partial charge in [-0.2, -0.15) is 0 Å². The number of nitrogens with zero attached hydrogens (tertiary/aromatic N) is 1. The number of H-pyrrole nitrogens is 1. The number of hydrogen-bond donors (Lipinski definition) is 2. The number of anilines is 2. The molecule has 0 fully saturated rings. The number of aromatic nitrogens is 2. The maximum atomic E-state index is 12.5. The standard InChI is InChI=1S/C28H27N3O2/c32-25-13-7-12-24-23(25)14-15-26(28(24)31-21-10-5-2-6-11-21)33-17-16-27-29-19-22(30-27)18-20-8-3-1-4-9-20/h1-6,8-11,14-15,19,31H,7,12-13,16-18H2,(H,29,30). The first-order chi connectivity index (χ1) is 16.3. The van der Waals surface area contributed by atoms with Crippen LogP contribution < -0.4 is 10.1 Å². The Morgan fingerprint density at radius 2 is 1.73 bits per heavy atom. The molecule has 33 heavy (non-hydrogen) atoms. The third-order valence-corrected chi connectivity index (χ3v) is 5.96. The molecule has 5 rings (SSSR count). The van der Waals surface area contributed by atoms with E-state index in [2.05, 4.69) is 27.4 Å². The summed E-state index contributed by atoms with van der Waals surface area (Å²) < 4.78 is 6.21. The fourth-order valence-electron chi connectivity index (χ4n) is 4.33. The summed E-state index contributed by atoms with van der Waals surface area (Å²) in [7, 11) is 0. The molecule has 0 aliphatic heterocycles. The lowest BCUT2D eigenvalue weighted by molar-refractivity contribution is 0.0972. The third-order valence-electron chi connectivity index (χ3n) is 5.96. The Bertz CT molecular complexity index is 1230. The minimum Gasteiger partial charge on any atom is -0.491 e. The number of benzene rings is 3. The average molecular weight is 438 g/mol. The monoisotopic (exact) mass is 437 g/mol. The molecule has 0 bridgehead atoms. The van der Waals surface area contributed by atoms with Crippen molar-refractivity contribution in [3.8, 4) is 5.75 Å². The molecule has 1 heterocycles. The van der Waals surface area contributed by atoms with Crippen LogP contribution in [0.1, 0.15) is 45.8 Å². The number of hydrogen-bond acceptors (Lipinski definition) is 4. The predicted octanol–water partition coefficient (Wildman–Crippen LogP) is 5.88. The highest BCUT2D eigenvalue weighted by atomic mass is 16.5. The maximum Gasteiger partial charge on any atom is 0.163 e. The second kappa shape index (κ2) is 9.74. The van der Waals surface area contributed by atoms with Crippen molar-refractivity contribution in [2.24, 2.45) is 0 Å². The van der Waals surface area contributed by atoms with Crippen LogP contribution in [0.4, 0.5) is 11.4 Å². The zero-order chi connectivity index (χ0) is 22.5. The van der Waals surface area contributed by atoms with Crippen LogP contribution in [0.15, 0.2) is 79.0 Å². The van der Waals surface area contributed by atoms with Gasteiger partial charge in [0.2, 0.25) is 0 Å². The molecule has 0 spiro atoms. The number of nitrogens with one attached hydrogen (secondary N) is 2. The molecule has 3 aromatic carbocycles. The van der Waals surface area contributed by atoms with Crippen molar-refractivity contribution in [3.63, 3.8) is 0 Å². The van der Waals surface area contributed by atoms with E-state index in [-0.39, 0.29) is 5.78 Å². The van der Waals surface area contributed by atoms with E-state index in [9.17, 15) is 4.79 Å². The molecule has 0 saturated carbocycles. The van der Waals surface area contributed by atoms with Crippen LogP contribution in [-0.4, -0.2) is 22.4 Å². The first-order valence-corrected chi connectivity index (χ1v) is 11.5. The summed E-state index contributed by atoms with van der Waals surface area (Å²) in [4.78, 5) is 20.4. The molecule has 0 amide bonds. The minimum absolute atomic E-state index is 0.209. The van der Waals surface area contributed by atoms with E-state index in [0.29, 0.717) is 19.4 Å². The number of ketones is 1. The van der Waals surface area contributed by atoms with E-state index < -0.39 is 0 Å². The molecule has 0 radical (unpaired) electrons. The summed E-state index contributed by atoms with van der Waals surface area (Å²) in [5, 5.41) is 3.50. The number of aromatic amines is 1. The van der Waals surface area contributed by atoms with Crippen LogP contribution in [0.3, 0.4) is 0 Å². The molecule has 4 aromatic rings. The van der Waals surface area contributed by atoms with Gasteiger partial charge in [0, 0.05) is 42.4 Å². The second-order valence-electron chi connectivity index (χ2n) is 8.35. The zero-order valence-corrected chi connectivity index (χ0v) is 18.5. The smallest absolute Gasteiger partial charge is 0.163 e. The summed E-state index contributed by atoms with van der Waals surface area (Å²) in [6.07, 6.45) is 5.76. The number of imidazole rings is 1. The highest BCUT2D eigenvalue weighted by Gasteiger charge is 2.23. The molecule has 166 valence electrons. The molecular weight excluding hydrogens is 410 g/mol. The highest BCUT2D eigenvalue weighted by molar-refractivity contribution is 6.00. The number of para-hydroxylation sites is 1. The van der Waals surface area contributed by atoms with Crippen molar-refractivity contribution < 1.29 is 9.53 Å². The van der Waals surface area contributed by atoms with Crippen LogP contribution in [-0.2, 0) is 19.3 Å². The summed E-state index contributed by atoms with van der Waals surface area (Å²) in [5.41, 5.74) is 6.08. The lowest BCUT2D eigenvalue weighted by Crippen LogP contribution is -2.14. The van der Waals surface area contributed by atoms with Crippen molar-refractivity contribution in [1.82, 2.24) is 9.97 Å². The molecule has 0 saturated heterocycles. The lowest BCUT2D eigenvalue weighted by Gasteiger charge is -2.22. The quantitative estimate of drug-likeness (QED) is 0.361. The van der Waals surface area contributed by atoms with Crippen LogP contribution in [0.25, 0.3) is 0 Å². The van der Waals surface area contributed by atoms with Gasteiger partial charge in [-0.3, -0.25) is 4.79 Å². The minimum atomic E-state index is 0.209. The van der Waals surface area contributed by atoms with Gasteiger partial charge in [-0.25, -0.2) is 4.98 Å². The van der Waals surface area contributed by atoms with Gasteiger partial charge in [0.1, 0.15) is 11.6 Å². The average Bonchev–Trinajstić information content (AvgIpc) is 3.29. The fraction of sp³-hybridized carbons (Fsp3) is 0.214. The van der Waals surface area contributed by atoms with Gasteiger partial charge < -0.3 is 15.0 Å². The van der Waals surface area contributed by atoms with Crippen molar-refractivity contribution in [2.45, 2.75) is 32.1 Å². The van der Waals surface area contributed by atoms with E-state index in [1.54, 1.807) is 0 Å². The summed E-state index contributed by atoms with van der Waals surface area (Å²) in [5.74, 6) is 1.88. The molecule has 2 N–H and O–H groups in total. The first kappa shape index (κ1) is 21.0. The predicted molar refractivity (Wildman–Crippen MR) is 130 cm³/mol. The van der Waals surface area contributed by atoms with E-state index >= 15 is 0 Å². The Labute approximate surface area is 193 Å². The van der Waals surface area contributed by atoms with Crippen molar-refractivity contribution >= 4 is 17.2 Å². The van der Waals surface area contributed by atoms with Crippen molar-refractivity contribution in [3.05, 3.63) is 107 Å². The summed E-state index contributed by atoms with van der Waals surface area (Å²) in [6, 6.07) is 24.2. The van der Waals surface area contributed by atoms with E-state index in [1.165, 1.54) is 5.56 Å². The number of ether oxygens (including phenoxy) is 1. The van der Waals surface area contributed by atoms with E-state index in [0.717, 1.165) is 59.0 Å². The second-order valence-corrected chi connectivity index (χ2v) is 8.35. The highest BCUT2D eigenvalue weighted by Crippen LogP contribution is 2.37. The van der Waals surface area contributed by atoms with Gasteiger partial charge >= 0.3 is 0 Å². The van der Waals surface area contributed by atoms with Crippen LogP contribution in [0.2, 0.25) is 0 Å². The van der Waals surface area contributed by atoms with E-state index in [4.69, 9.17) is 4.74 Å². The molecule has 1 aliphatic rings.